The number of nitriles is 1. The Morgan fingerprint density at radius 2 is 1.93 bits per heavy atom. The second-order valence-corrected chi connectivity index (χ2v) is 13.3. The van der Waals surface area contributed by atoms with Gasteiger partial charge >= 0.3 is 0 Å². The maximum atomic E-state index is 13.7. The number of carbonyl (C=O) groups is 2. The second-order valence-electron chi connectivity index (χ2n) is 11.1. The Bertz CT molecular complexity index is 1610. The fourth-order valence-electron chi connectivity index (χ4n) is 5.45. The molecule has 0 saturated carbocycles. The molecule has 1 unspecified atom stereocenters. The molecule has 10 heteroatoms. The van der Waals surface area contributed by atoms with Gasteiger partial charge in [-0.2, -0.15) is 5.26 Å². The van der Waals surface area contributed by atoms with Gasteiger partial charge in [-0.1, -0.05) is 80.3 Å². The number of hydrogen-bond acceptors (Lipinski definition) is 9. The largest absolute Gasteiger partial charge is 0.384 e. The molecule has 2 aliphatic rings. The molecule has 1 aromatic heterocycles. The van der Waals surface area contributed by atoms with Crippen LogP contribution in [0.3, 0.4) is 0 Å². The van der Waals surface area contributed by atoms with Gasteiger partial charge in [-0.25, -0.2) is 0 Å². The summed E-state index contributed by atoms with van der Waals surface area (Å²) in [5.74, 6) is -0.254. The van der Waals surface area contributed by atoms with Gasteiger partial charge in [0.2, 0.25) is 11.0 Å². The van der Waals surface area contributed by atoms with E-state index in [2.05, 4.69) is 42.4 Å². The predicted molar refractivity (Wildman–Crippen MR) is 163 cm³/mol. The van der Waals surface area contributed by atoms with E-state index < -0.39 is 5.92 Å². The first-order valence-electron chi connectivity index (χ1n) is 13.5. The van der Waals surface area contributed by atoms with Crippen molar-refractivity contribution in [3.05, 3.63) is 87.9 Å². The van der Waals surface area contributed by atoms with Crippen molar-refractivity contribution >= 4 is 45.6 Å². The lowest BCUT2D eigenvalue weighted by Crippen LogP contribution is -2.42. The van der Waals surface area contributed by atoms with Crippen LogP contribution in [0.15, 0.2) is 75.5 Å². The first-order chi connectivity index (χ1) is 19.6. The first-order valence-corrected chi connectivity index (χ1v) is 15.3. The fourth-order valence-corrected chi connectivity index (χ4v) is 7.13. The standard InChI is InChI=1S/C31H32N6O2S2/c1-5-19-10-12-20(13-11-19)34-25(39)17-40-30-36-35-29(41-30)37-23-14-31(3,4)15-24(38)27(23)26(22(16-32)28(37)33)21-9-7-6-8-18(21)2/h6-13,26H,5,14-15,17,33H2,1-4H3,(H,34,39). The minimum atomic E-state index is -0.534. The Kier molecular flexibility index (Phi) is 8.02. The number of hydrogen-bond donors (Lipinski definition) is 2. The SMILES string of the molecule is CCc1ccc(NC(=O)CSc2nnc(N3C(N)=C(C#N)C(c4ccccc4C)C4=C3CC(C)(C)CC4=O)s2)cc1. The molecular formula is C31H32N6O2S2. The van der Waals surface area contributed by atoms with Crippen molar-refractivity contribution in [3.8, 4) is 6.07 Å². The van der Waals surface area contributed by atoms with Gasteiger partial charge < -0.3 is 11.1 Å². The molecule has 5 rings (SSSR count). The number of ketones is 1. The van der Waals surface area contributed by atoms with Crippen molar-refractivity contribution < 1.29 is 9.59 Å². The predicted octanol–water partition coefficient (Wildman–Crippen LogP) is 6.08. The van der Waals surface area contributed by atoms with Crippen LogP contribution < -0.4 is 16.0 Å². The van der Waals surface area contributed by atoms with Gasteiger partial charge in [0.15, 0.2) is 10.1 Å². The normalized spacial score (nSPS) is 18.3. The molecule has 1 amide bonds. The lowest BCUT2D eigenvalue weighted by molar-refractivity contribution is -0.118. The number of amides is 1. The maximum absolute atomic E-state index is 13.7. The van der Waals surface area contributed by atoms with Crippen molar-refractivity contribution in [1.29, 1.82) is 5.26 Å². The average Bonchev–Trinajstić information content (AvgIpc) is 3.40. The highest BCUT2D eigenvalue weighted by Crippen LogP contribution is 2.51. The van der Waals surface area contributed by atoms with Gasteiger partial charge in [-0.3, -0.25) is 14.5 Å². The Balaban J connectivity index is 1.44. The Labute approximate surface area is 248 Å². The molecule has 1 aliphatic carbocycles. The summed E-state index contributed by atoms with van der Waals surface area (Å²) >= 11 is 2.56. The van der Waals surface area contributed by atoms with Gasteiger partial charge in [-0.15, -0.1) is 10.2 Å². The van der Waals surface area contributed by atoms with E-state index in [0.717, 1.165) is 28.9 Å². The number of nitrogens with zero attached hydrogens (tertiary/aromatic N) is 4. The number of carbonyl (C=O) groups excluding carboxylic acids is 2. The summed E-state index contributed by atoms with van der Waals surface area (Å²) in [7, 11) is 0. The molecule has 210 valence electrons. The lowest BCUT2D eigenvalue weighted by Gasteiger charge is -2.42. The van der Waals surface area contributed by atoms with E-state index in [1.165, 1.54) is 28.7 Å². The Morgan fingerprint density at radius 1 is 1.20 bits per heavy atom. The van der Waals surface area contributed by atoms with Gasteiger partial charge in [0.05, 0.1) is 23.3 Å². The van der Waals surface area contributed by atoms with Crippen LogP contribution in [0.5, 0.6) is 0 Å². The number of nitrogens with one attached hydrogen (secondary N) is 1. The van der Waals surface area contributed by atoms with Crippen molar-refractivity contribution in [2.75, 3.05) is 16.0 Å². The van der Waals surface area contributed by atoms with Crippen LogP contribution in [0.1, 0.15) is 56.2 Å². The van der Waals surface area contributed by atoms with Gasteiger partial charge in [0.25, 0.3) is 0 Å². The molecule has 2 aromatic carbocycles. The van der Waals surface area contributed by atoms with E-state index >= 15 is 0 Å². The summed E-state index contributed by atoms with van der Waals surface area (Å²) in [4.78, 5) is 28.0. The zero-order valence-electron chi connectivity index (χ0n) is 23.5. The van der Waals surface area contributed by atoms with Gasteiger partial charge in [-0.05, 0) is 54.0 Å². The molecular weight excluding hydrogens is 553 g/mol. The summed E-state index contributed by atoms with van der Waals surface area (Å²) in [5.41, 5.74) is 12.0. The number of nitrogens with two attached hydrogens (primary N) is 1. The zero-order valence-corrected chi connectivity index (χ0v) is 25.2. The quantitative estimate of drug-likeness (QED) is 0.320. The van der Waals surface area contributed by atoms with Crippen molar-refractivity contribution in [2.45, 2.75) is 57.2 Å². The molecule has 3 aromatic rings. The van der Waals surface area contributed by atoms with E-state index in [4.69, 9.17) is 5.73 Å². The summed E-state index contributed by atoms with van der Waals surface area (Å²) in [6, 6.07) is 17.9. The van der Waals surface area contributed by atoms with Crippen LogP contribution in [-0.4, -0.2) is 27.6 Å². The summed E-state index contributed by atoms with van der Waals surface area (Å²) in [6.45, 7) is 8.19. The van der Waals surface area contributed by atoms with Crippen molar-refractivity contribution in [3.63, 3.8) is 0 Å². The molecule has 41 heavy (non-hydrogen) atoms. The van der Waals surface area contributed by atoms with E-state index in [1.54, 1.807) is 4.90 Å². The van der Waals surface area contributed by atoms with E-state index in [1.807, 2.05) is 55.5 Å². The smallest absolute Gasteiger partial charge is 0.234 e. The lowest BCUT2D eigenvalue weighted by atomic mass is 9.68. The third kappa shape index (κ3) is 5.78. The van der Waals surface area contributed by atoms with Crippen LogP contribution in [0.2, 0.25) is 0 Å². The number of anilines is 2. The maximum Gasteiger partial charge on any atom is 0.234 e. The average molecular weight is 585 g/mol. The summed E-state index contributed by atoms with van der Waals surface area (Å²) < 4.78 is 0.590. The number of allylic oxidation sites excluding steroid dienone is 3. The highest BCUT2D eigenvalue weighted by molar-refractivity contribution is 8.01. The topological polar surface area (TPSA) is 125 Å². The molecule has 1 aliphatic heterocycles. The van der Waals surface area contributed by atoms with E-state index in [-0.39, 0.29) is 28.7 Å². The fraction of sp³-hybridized carbons (Fsp3) is 0.323. The van der Waals surface area contributed by atoms with Crippen LogP contribution >= 0.6 is 23.1 Å². The molecule has 0 saturated heterocycles. The number of rotatable bonds is 7. The molecule has 0 spiro atoms. The number of Topliss-reactive ketones (excluding diaryl/α,β-unsaturated/α-hetero) is 1. The van der Waals surface area contributed by atoms with E-state index in [9.17, 15) is 14.9 Å². The van der Waals surface area contributed by atoms with Crippen LogP contribution in [-0.2, 0) is 16.0 Å². The highest BCUT2D eigenvalue weighted by Gasteiger charge is 2.45. The Morgan fingerprint density at radius 3 is 2.61 bits per heavy atom. The van der Waals surface area contributed by atoms with Crippen LogP contribution in [0.4, 0.5) is 10.8 Å². The van der Waals surface area contributed by atoms with Gasteiger partial charge in [0.1, 0.15) is 5.82 Å². The van der Waals surface area contributed by atoms with E-state index in [0.29, 0.717) is 33.5 Å². The first kappa shape index (κ1) is 28.6. The van der Waals surface area contributed by atoms with Crippen LogP contribution in [0, 0.1) is 23.7 Å². The van der Waals surface area contributed by atoms with Crippen molar-refractivity contribution in [1.82, 2.24) is 10.2 Å². The number of benzene rings is 2. The minimum absolute atomic E-state index is 0.0116. The molecule has 8 nitrogen and oxygen atoms in total. The molecule has 0 bridgehead atoms. The van der Waals surface area contributed by atoms with Gasteiger partial charge in [0, 0.05) is 23.4 Å². The molecule has 0 fully saturated rings. The van der Waals surface area contributed by atoms with Crippen LogP contribution in [0.25, 0.3) is 0 Å². The number of aryl methyl sites for hydroxylation is 2. The Hall–Kier alpha value is -3.94. The highest BCUT2D eigenvalue weighted by atomic mass is 32.2. The summed E-state index contributed by atoms with van der Waals surface area (Å²) in [5, 5.41) is 22.4. The molecule has 0 radical (unpaired) electrons. The molecule has 3 N–H and O–H groups in total. The second kappa shape index (κ2) is 11.5. The zero-order chi connectivity index (χ0) is 29.3. The summed E-state index contributed by atoms with van der Waals surface area (Å²) in [6.07, 6.45) is 1.91. The third-order valence-electron chi connectivity index (χ3n) is 7.44. The monoisotopic (exact) mass is 584 g/mol. The number of aromatic nitrogens is 2. The minimum Gasteiger partial charge on any atom is -0.384 e. The molecule has 1 atom stereocenters. The van der Waals surface area contributed by atoms with Crippen molar-refractivity contribution in [2.24, 2.45) is 11.1 Å². The number of thioether (sulfide) groups is 1. The third-order valence-corrected chi connectivity index (χ3v) is 9.48. The molecule has 2 heterocycles.